The molecule has 7 nitrogen and oxygen atoms in total. The van der Waals surface area contributed by atoms with Crippen LogP contribution in [0.5, 0.6) is 0 Å². The third kappa shape index (κ3) is 5.74. The molecule has 1 aromatic carbocycles. The van der Waals surface area contributed by atoms with Crippen molar-refractivity contribution in [1.29, 1.82) is 0 Å². The molecule has 3 rings (SSSR count). The molecule has 1 aromatic rings. The minimum atomic E-state index is -2.97. The van der Waals surface area contributed by atoms with Gasteiger partial charge in [0.2, 0.25) is 11.8 Å². The second-order valence-corrected chi connectivity index (χ2v) is 9.41. The summed E-state index contributed by atoms with van der Waals surface area (Å²) in [6, 6.07) is 5.59. The van der Waals surface area contributed by atoms with Crippen molar-refractivity contribution in [3.05, 3.63) is 30.1 Å². The Morgan fingerprint density at radius 3 is 2.37 bits per heavy atom. The molecule has 1 N–H and O–H groups in total. The molecule has 0 unspecified atom stereocenters. The van der Waals surface area contributed by atoms with Crippen LogP contribution in [0.1, 0.15) is 12.8 Å². The lowest BCUT2D eigenvalue weighted by molar-refractivity contribution is -0.133. The van der Waals surface area contributed by atoms with Gasteiger partial charge in [0, 0.05) is 38.3 Å². The van der Waals surface area contributed by atoms with Crippen LogP contribution in [0.2, 0.25) is 0 Å². The Kier molecular flexibility index (Phi) is 6.11. The van der Waals surface area contributed by atoms with Crippen LogP contribution < -0.4 is 5.32 Å². The van der Waals surface area contributed by atoms with E-state index >= 15 is 0 Å². The van der Waals surface area contributed by atoms with Crippen molar-refractivity contribution in [3.63, 3.8) is 0 Å². The molecule has 148 valence electrons. The van der Waals surface area contributed by atoms with Crippen molar-refractivity contribution in [2.75, 3.05) is 49.5 Å². The third-order valence-corrected chi connectivity index (χ3v) is 6.85. The minimum absolute atomic E-state index is 0.00693. The lowest BCUT2D eigenvalue weighted by Gasteiger charge is -2.34. The van der Waals surface area contributed by atoms with Gasteiger partial charge in [0.25, 0.3) is 0 Å². The van der Waals surface area contributed by atoms with Crippen LogP contribution >= 0.6 is 0 Å². The van der Waals surface area contributed by atoms with Crippen LogP contribution in [-0.2, 0) is 19.4 Å². The molecule has 27 heavy (non-hydrogen) atoms. The molecule has 9 heteroatoms. The molecule has 0 spiro atoms. The van der Waals surface area contributed by atoms with Crippen molar-refractivity contribution in [2.24, 2.45) is 5.92 Å². The summed E-state index contributed by atoms with van der Waals surface area (Å²) in [5, 5.41) is 2.72. The van der Waals surface area contributed by atoms with Gasteiger partial charge in [0.1, 0.15) is 5.82 Å². The van der Waals surface area contributed by atoms with Crippen LogP contribution in [0.15, 0.2) is 24.3 Å². The molecule has 0 aromatic heterocycles. The second-order valence-electron chi connectivity index (χ2n) is 7.19. The Morgan fingerprint density at radius 1 is 1.11 bits per heavy atom. The van der Waals surface area contributed by atoms with E-state index in [-0.39, 0.29) is 48.0 Å². The molecular weight excluding hydrogens is 373 g/mol. The zero-order valence-electron chi connectivity index (χ0n) is 15.1. The van der Waals surface area contributed by atoms with Crippen molar-refractivity contribution in [1.82, 2.24) is 9.80 Å². The van der Waals surface area contributed by atoms with Gasteiger partial charge in [-0.25, -0.2) is 12.8 Å². The predicted molar refractivity (Wildman–Crippen MR) is 99.4 cm³/mol. The summed E-state index contributed by atoms with van der Waals surface area (Å²) in [5.74, 6) is -0.319. The van der Waals surface area contributed by atoms with E-state index < -0.39 is 9.84 Å². The van der Waals surface area contributed by atoms with E-state index in [2.05, 4.69) is 5.32 Å². The molecule has 2 aliphatic heterocycles. The van der Waals surface area contributed by atoms with Gasteiger partial charge in [0.15, 0.2) is 9.84 Å². The van der Waals surface area contributed by atoms with Gasteiger partial charge < -0.3 is 10.2 Å². The number of hydrogen-bond donors (Lipinski definition) is 1. The summed E-state index contributed by atoms with van der Waals surface area (Å²) in [7, 11) is -2.97. The monoisotopic (exact) mass is 397 g/mol. The van der Waals surface area contributed by atoms with E-state index in [4.69, 9.17) is 0 Å². The number of carbonyl (C=O) groups is 2. The zero-order valence-corrected chi connectivity index (χ0v) is 15.9. The molecule has 1 atom stereocenters. The zero-order chi connectivity index (χ0) is 19.4. The second kappa shape index (κ2) is 8.35. The summed E-state index contributed by atoms with van der Waals surface area (Å²) in [5.41, 5.74) is 0.543. The smallest absolute Gasteiger partial charge is 0.238 e. The number of nitrogens with one attached hydrogen (secondary N) is 1. The Labute approximate surface area is 158 Å². The Hall–Kier alpha value is -2.00. The number of rotatable bonds is 5. The number of halogens is 1. The molecule has 2 heterocycles. The highest BCUT2D eigenvalue weighted by Crippen LogP contribution is 2.22. The molecule has 2 amide bonds. The number of carbonyl (C=O) groups excluding carboxylic acids is 2. The van der Waals surface area contributed by atoms with Gasteiger partial charge in [0.05, 0.1) is 18.1 Å². The Balaban J connectivity index is 1.40. The first-order valence-corrected chi connectivity index (χ1v) is 10.9. The number of amides is 2. The van der Waals surface area contributed by atoms with Crippen molar-refractivity contribution in [2.45, 2.75) is 12.8 Å². The lowest BCUT2D eigenvalue weighted by atomic mass is 10.0. The summed E-state index contributed by atoms with van der Waals surface area (Å²) in [6.45, 7) is 2.45. The minimum Gasteiger partial charge on any atom is -0.340 e. The fourth-order valence-corrected chi connectivity index (χ4v) is 5.36. The highest BCUT2D eigenvalue weighted by molar-refractivity contribution is 7.91. The topological polar surface area (TPSA) is 86.8 Å². The molecule has 0 radical (unpaired) electrons. The molecule has 2 fully saturated rings. The van der Waals surface area contributed by atoms with Gasteiger partial charge in [-0.3, -0.25) is 14.5 Å². The first-order chi connectivity index (χ1) is 12.8. The Bertz CT molecular complexity index is 789. The van der Waals surface area contributed by atoms with Gasteiger partial charge in [-0.1, -0.05) is 0 Å². The highest BCUT2D eigenvalue weighted by atomic mass is 32.2. The maximum Gasteiger partial charge on any atom is 0.238 e. The SMILES string of the molecule is O=C(CN1CCN(C(=O)C[C@H]2CCS(=O)(=O)C2)CC1)Nc1ccc(F)cc1. The molecule has 0 bridgehead atoms. The summed E-state index contributed by atoms with van der Waals surface area (Å²) in [4.78, 5) is 28.2. The van der Waals surface area contributed by atoms with E-state index in [1.54, 1.807) is 4.90 Å². The van der Waals surface area contributed by atoms with E-state index in [1.807, 2.05) is 4.90 Å². The standard InChI is InChI=1S/C18H24FN3O4S/c19-15-1-3-16(4-2-15)20-17(23)12-21-6-8-22(9-7-21)18(24)11-14-5-10-27(25,26)13-14/h1-4,14H,5-13H2,(H,20,23)/t14-/m1/s1. The molecule has 2 saturated heterocycles. The van der Waals surface area contributed by atoms with Crippen molar-refractivity contribution >= 4 is 27.3 Å². The third-order valence-electron chi connectivity index (χ3n) is 5.01. The lowest BCUT2D eigenvalue weighted by Crippen LogP contribution is -2.50. The summed E-state index contributed by atoms with van der Waals surface area (Å²) >= 11 is 0. The van der Waals surface area contributed by atoms with Crippen LogP contribution in [0.25, 0.3) is 0 Å². The fraction of sp³-hybridized carbons (Fsp3) is 0.556. The number of hydrogen-bond acceptors (Lipinski definition) is 5. The molecular formula is C18H24FN3O4S. The summed E-state index contributed by atoms with van der Waals surface area (Å²) in [6.07, 6.45) is 0.849. The number of nitrogens with zero attached hydrogens (tertiary/aromatic N) is 2. The average Bonchev–Trinajstić information content (AvgIpc) is 2.96. The van der Waals surface area contributed by atoms with E-state index in [1.165, 1.54) is 24.3 Å². The first-order valence-electron chi connectivity index (χ1n) is 9.07. The fourth-order valence-electron chi connectivity index (χ4n) is 3.50. The molecule has 0 saturated carbocycles. The Morgan fingerprint density at radius 2 is 1.78 bits per heavy atom. The van der Waals surface area contributed by atoms with Gasteiger partial charge in [-0.05, 0) is 36.6 Å². The van der Waals surface area contributed by atoms with Gasteiger partial charge in [-0.2, -0.15) is 0 Å². The van der Waals surface area contributed by atoms with Crippen LogP contribution in [-0.4, -0.2) is 74.3 Å². The van der Waals surface area contributed by atoms with E-state index in [9.17, 15) is 22.4 Å². The largest absolute Gasteiger partial charge is 0.340 e. The number of sulfone groups is 1. The quantitative estimate of drug-likeness (QED) is 0.792. The van der Waals surface area contributed by atoms with Crippen LogP contribution in [0.4, 0.5) is 10.1 Å². The number of piperazine rings is 1. The summed E-state index contributed by atoms with van der Waals surface area (Å²) < 4.78 is 35.9. The first kappa shape index (κ1) is 19.8. The van der Waals surface area contributed by atoms with Crippen molar-refractivity contribution in [3.8, 4) is 0 Å². The highest BCUT2D eigenvalue weighted by Gasteiger charge is 2.31. The van der Waals surface area contributed by atoms with Gasteiger partial charge >= 0.3 is 0 Å². The van der Waals surface area contributed by atoms with Crippen LogP contribution in [0.3, 0.4) is 0 Å². The molecule has 2 aliphatic rings. The van der Waals surface area contributed by atoms with Gasteiger partial charge in [-0.15, -0.1) is 0 Å². The van der Waals surface area contributed by atoms with E-state index in [0.29, 0.717) is 38.3 Å². The number of anilines is 1. The average molecular weight is 397 g/mol. The molecule has 0 aliphatic carbocycles. The normalized spacial score (nSPS) is 22.6. The maximum atomic E-state index is 12.9. The maximum absolute atomic E-state index is 12.9. The van der Waals surface area contributed by atoms with Crippen molar-refractivity contribution < 1.29 is 22.4 Å². The van der Waals surface area contributed by atoms with Crippen LogP contribution in [0, 0.1) is 11.7 Å². The number of benzene rings is 1. The van der Waals surface area contributed by atoms with E-state index in [0.717, 1.165) is 0 Å². The predicted octanol–water partition coefficient (Wildman–Crippen LogP) is 0.733.